The minimum atomic E-state index is -0.236. The van der Waals surface area contributed by atoms with E-state index in [9.17, 15) is 14.7 Å². The molecular weight excluding hydrogens is 476 g/mol. The number of benzene rings is 3. The highest BCUT2D eigenvalue weighted by Crippen LogP contribution is 2.24. The van der Waals surface area contributed by atoms with Gasteiger partial charge in [-0.05, 0) is 54.9 Å². The van der Waals surface area contributed by atoms with Gasteiger partial charge in [0.25, 0.3) is 5.91 Å². The van der Waals surface area contributed by atoms with Gasteiger partial charge in [0.2, 0.25) is 0 Å². The fourth-order valence-corrected chi connectivity index (χ4v) is 4.49. The fourth-order valence-electron chi connectivity index (χ4n) is 4.49. The number of rotatable bonds is 12. The van der Waals surface area contributed by atoms with E-state index in [4.69, 9.17) is 0 Å². The van der Waals surface area contributed by atoms with Gasteiger partial charge in [-0.25, -0.2) is 0 Å². The largest absolute Gasteiger partial charge is 0.396 e. The van der Waals surface area contributed by atoms with Gasteiger partial charge in [0.05, 0.1) is 6.20 Å². The smallest absolute Gasteiger partial charge is 0.251 e. The molecule has 0 spiro atoms. The Kier molecular flexibility index (Phi) is 9.19. The Hall–Kier alpha value is -4.07. The van der Waals surface area contributed by atoms with Crippen molar-refractivity contribution < 1.29 is 14.7 Å². The number of aliphatic hydroxyl groups excluding tert-OH is 1. The summed E-state index contributed by atoms with van der Waals surface area (Å²) in [5.74, 6) is -0.387. The number of nitrogens with one attached hydrogen (secondary N) is 2. The summed E-state index contributed by atoms with van der Waals surface area (Å²) in [6.45, 7) is 1.17. The van der Waals surface area contributed by atoms with Crippen LogP contribution in [0.15, 0.2) is 85.2 Å². The SMILES string of the molecule is CN(C)Cc1cccc(CNC(=O)c2cccc([C@@H](CO)CCC(=O)c3ccc(-c4cn[nH]c4)cc3)c2)c1. The zero-order valence-corrected chi connectivity index (χ0v) is 21.9. The Labute approximate surface area is 223 Å². The Bertz CT molecular complexity index is 1350. The molecule has 0 unspecified atom stereocenters. The molecule has 7 nitrogen and oxygen atoms in total. The molecule has 0 saturated heterocycles. The molecular formula is C31H34N4O3. The van der Waals surface area contributed by atoms with Crippen molar-refractivity contribution in [1.29, 1.82) is 0 Å². The third kappa shape index (κ3) is 7.25. The summed E-state index contributed by atoms with van der Waals surface area (Å²) in [5, 5.41) is 19.8. The van der Waals surface area contributed by atoms with Gasteiger partial charge in [0.1, 0.15) is 0 Å². The molecule has 196 valence electrons. The van der Waals surface area contributed by atoms with E-state index >= 15 is 0 Å². The summed E-state index contributed by atoms with van der Waals surface area (Å²) in [7, 11) is 4.05. The molecule has 0 aliphatic heterocycles. The second-order valence-electron chi connectivity index (χ2n) is 9.77. The highest BCUT2D eigenvalue weighted by Gasteiger charge is 2.16. The van der Waals surface area contributed by atoms with E-state index < -0.39 is 0 Å². The van der Waals surface area contributed by atoms with Gasteiger partial charge in [-0.1, -0.05) is 60.7 Å². The molecule has 7 heteroatoms. The lowest BCUT2D eigenvalue weighted by atomic mass is 9.91. The number of hydrogen-bond donors (Lipinski definition) is 3. The number of Topliss-reactive ketones (excluding diaryl/α,β-unsaturated/α-hetero) is 1. The lowest BCUT2D eigenvalue weighted by Gasteiger charge is -2.16. The van der Waals surface area contributed by atoms with Gasteiger partial charge in [-0.15, -0.1) is 0 Å². The molecule has 0 aliphatic rings. The molecule has 1 atom stereocenters. The van der Waals surface area contributed by atoms with Crippen molar-refractivity contribution in [2.24, 2.45) is 0 Å². The van der Waals surface area contributed by atoms with Crippen molar-refractivity contribution in [3.8, 4) is 11.1 Å². The first-order chi connectivity index (χ1) is 18.4. The third-order valence-corrected chi connectivity index (χ3v) is 6.54. The number of nitrogens with zero attached hydrogens (tertiary/aromatic N) is 2. The molecule has 4 rings (SSSR count). The number of H-pyrrole nitrogens is 1. The zero-order chi connectivity index (χ0) is 26.9. The monoisotopic (exact) mass is 510 g/mol. The van der Waals surface area contributed by atoms with Crippen molar-refractivity contribution in [2.75, 3.05) is 20.7 Å². The number of aromatic amines is 1. The Balaban J connectivity index is 1.34. The molecule has 0 saturated carbocycles. The van der Waals surface area contributed by atoms with E-state index in [1.807, 2.05) is 68.7 Å². The molecule has 0 fully saturated rings. The number of aromatic nitrogens is 2. The fraction of sp³-hybridized carbons (Fsp3) is 0.258. The van der Waals surface area contributed by atoms with E-state index in [0.29, 0.717) is 30.5 Å². The summed E-state index contributed by atoms with van der Waals surface area (Å²) >= 11 is 0. The Morgan fingerprint density at radius 2 is 1.71 bits per heavy atom. The quantitative estimate of drug-likeness (QED) is 0.238. The molecule has 3 N–H and O–H groups in total. The van der Waals surface area contributed by atoms with Gasteiger partial charge in [0.15, 0.2) is 5.78 Å². The van der Waals surface area contributed by atoms with Crippen molar-refractivity contribution in [2.45, 2.75) is 31.8 Å². The topological polar surface area (TPSA) is 98.3 Å². The minimum absolute atomic E-state index is 0.0209. The molecule has 0 bridgehead atoms. The summed E-state index contributed by atoms with van der Waals surface area (Å²) < 4.78 is 0. The van der Waals surface area contributed by atoms with E-state index in [-0.39, 0.29) is 24.2 Å². The molecule has 1 aromatic heterocycles. The van der Waals surface area contributed by atoms with E-state index in [2.05, 4.69) is 32.5 Å². The lowest BCUT2D eigenvalue weighted by molar-refractivity contribution is 0.0947. The van der Waals surface area contributed by atoms with Crippen LogP contribution in [0.2, 0.25) is 0 Å². The molecule has 1 amide bonds. The van der Waals surface area contributed by atoms with Crippen LogP contribution < -0.4 is 5.32 Å². The van der Waals surface area contributed by atoms with Crippen LogP contribution in [0.3, 0.4) is 0 Å². The molecule has 0 radical (unpaired) electrons. The summed E-state index contributed by atoms with van der Waals surface area (Å²) in [5.41, 5.74) is 6.20. The van der Waals surface area contributed by atoms with Crippen molar-refractivity contribution in [3.05, 3.63) is 113 Å². The normalized spacial score (nSPS) is 11.9. The number of carbonyl (C=O) groups is 2. The van der Waals surface area contributed by atoms with Gasteiger partial charge in [0, 0.05) is 54.9 Å². The molecule has 3 aromatic carbocycles. The van der Waals surface area contributed by atoms with Gasteiger partial charge in [-0.2, -0.15) is 5.10 Å². The van der Waals surface area contributed by atoms with E-state index in [1.165, 1.54) is 5.56 Å². The second kappa shape index (κ2) is 12.9. The Morgan fingerprint density at radius 1 is 0.947 bits per heavy atom. The molecule has 0 aliphatic carbocycles. The van der Waals surface area contributed by atoms with E-state index in [0.717, 1.165) is 28.8 Å². The summed E-state index contributed by atoms with van der Waals surface area (Å²) in [6.07, 6.45) is 4.33. The highest BCUT2D eigenvalue weighted by molar-refractivity contribution is 5.96. The molecule has 1 heterocycles. The first kappa shape index (κ1) is 27.0. The minimum Gasteiger partial charge on any atom is -0.396 e. The number of carbonyl (C=O) groups excluding carboxylic acids is 2. The first-order valence-electron chi connectivity index (χ1n) is 12.8. The summed E-state index contributed by atoms with van der Waals surface area (Å²) in [6, 6.07) is 22.9. The van der Waals surface area contributed by atoms with Crippen LogP contribution in [0.4, 0.5) is 0 Å². The van der Waals surface area contributed by atoms with Gasteiger partial charge in [-0.3, -0.25) is 14.7 Å². The first-order valence-corrected chi connectivity index (χ1v) is 12.8. The standard InChI is InChI=1S/C31H34N4O3/c1-35(2)20-23-6-3-5-22(15-23)17-32-31(38)27-8-4-7-26(16-27)28(21-36)13-14-30(37)25-11-9-24(10-12-25)29-18-33-34-19-29/h3-12,15-16,18-19,28,36H,13-14,17,20-21H2,1-2H3,(H,32,38)(H,33,34)/t28-/m1/s1. The maximum Gasteiger partial charge on any atom is 0.251 e. The average molecular weight is 511 g/mol. The average Bonchev–Trinajstić information content (AvgIpc) is 3.47. The predicted molar refractivity (Wildman–Crippen MR) is 149 cm³/mol. The van der Waals surface area contributed by atoms with Gasteiger partial charge < -0.3 is 15.3 Å². The Morgan fingerprint density at radius 3 is 2.42 bits per heavy atom. The van der Waals surface area contributed by atoms with Crippen LogP contribution in [-0.4, -0.2) is 52.6 Å². The number of amides is 1. The maximum atomic E-state index is 12.9. The maximum absolute atomic E-state index is 12.9. The summed E-state index contributed by atoms with van der Waals surface area (Å²) in [4.78, 5) is 27.8. The third-order valence-electron chi connectivity index (χ3n) is 6.54. The predicted octanol–water partition coefficient (Wildman–Crippen LogP) is 4.81. The van der Waals surface area contributed by atoms with Crippen LogP contribution in [0.5, 0.6) is 0 Å². The highest BCUT2D eigenvalue weighted by atomic mass is 16.3. The van der Waals surface area contributed by atoms with Crippen LogP contribution in [0.25, 0.3) is 11.1 Å². The van der Waals surface area contributed by atoms with Crippen molar-refractivity contribution in [3.63, 3.8) is 0 Å². The van der Waals surface area contributed by atoms with Crippen molar-refractivity contribution >= 4 is 11.7 Å². The van der Waals surface area contributed by atoms with Crippen LogP contribution in [-0.2, 0) is 13.1 Å². The van der Waals surface area contributed by atoms with Crippen LogP contribution in [0.1, 0.15) is 56.2 Å². The zero-order valence-electron chi connectivity index (χ0n) is 21.9. The van der Waals surface area contributed by atoms with E-state index in [1.54, 1.807) is 18.5 Å². The number of ketones is 1. The lowest BCUT2D eigenvalue weighted by Crippen LogP contribution is -2.23. The van der Waals surface area contributed by atoms with Crippen molar-refractivity contribution in [1.82, 2.24) is 20.4 Å². The van der Waals surface area contributed by atoms with Gasteiger partial charge >= 0.3 is 0 Å². The molecule has 4 aromatic rings. The number of aliphatic hydroxyl groups is 1. The molecule has 38 heavy (non-hydrogen) atoms. The second-order valence-corrected chi connectivity index (χ2v) is 9.77. The number of hydrogen-bond acceptors (Lipinski definition) is 5. The van der Waals surface area contributed by atoms with Crippen LogP contribution in [0, 0.1) is 0 Å². The van der Waals surface area contributed by atoms with Crippen LogP contribution >= 0.6 is 0 Å².